The van der Waals surface area contributed by atoms with Gasteiger partial charge in [-0.1, -0.05) is 12.1 Å². The van der Waals surface area contributed by atoms with Crippen LogP contribution in [0.2, 0.25) is 0 Å². The van der Waals surface area contributed by atoms with E-state index in [1.54, 1.807) is 28.8 Å². The summed E-state index contributed by atoms with van der Waals surface area (Å²) in [7, 11) is 1.84. The second kappa shape index (κ2) is 6.58. The van der Waals surface area contributed by atoms with E-state index in [0.29, 0.717) is 6.54 Å². The van der Waals surface area contributed by atoms with Gasteiger partial charge in [-0.25, -0.2) is 4.98 Å². The predicted octanol–water partition coefficient (Wildman–Crippen LogP) is 3.27. The molecule has 4 nitrogen and oxygen atoms in total. The minimum absolute atomic E-state index is 0.0404. The Morgan fingerprint density at radius 3 is 2.95 bits per heavy atom. The van der Waals surface area contributed by atoms with Crippen LogP contribution in [0.5, 0.6) is 0 Å². The normalized spacial score (nSPS) is 10.6. The Balaban J connectivity index is 1.72. The van der Waals surface area contributed by atoms with Gasteiger partial charge in [0.05, 0.1) is 6.33 Å². The molecule has 0 unspecified atom stereocenters. The van der Waals surface area contributed by atoms with E-state index in [1.165, 1.54) is 0 Å². The molecule has 3 aromatic rings. The molecule has 0 spiro atoms. The average Bonchev–Trinajstić information content (AvgIpc) is 3.20. The first-order chi connectivity index (χ1) is 10.7. The molecule has 0 bridgehead atoms. The zero-order chi connectivity index (χ0) is 15.4. The largest absolute Gasteiger partial charge is 0.337 e. The van der Waals surface area contributed by atoms with Gasteiger partial charge >= 0.3 is 0 Å². The van der Waals surface area contributed by atoms with Crippen LogP contribution < -0.4 is 0 Å². The monoisotopic (exact) mass is 311 g/mol. The molecular weight excluding hydrogens is 294 g/mol. The van der Waals surface area contributed by atoms with Crippen molar-refractivity contribution >= 4 is 17.2 Å². The molecule has 0 radical (unpaired) electrons. The number of carbonyl (C=O) groups is 1. The topological polar surface area (TPSA) is 38.1 Å². The maximum absolute atomic E-state index is 12.5. The van der Waals surface area contributed by atoms with Crippen LogP contribution in [0.15, 0.2) is 59.8 Å². The first-order valence-electron chi connectivity index (χ1n) is 7.03. The molecule has 0 fully saturated rings. The van der Waals surface area contributed by atoms with E-state index in [9.17, 15) is 4.79 Å². The Morgan fingerprint density at radius 2 is 2.23 bits per heavy atom. The number of hydrogen-bond donors (Lipinski definition) is 0. The van der Waals surface area contributed by atoms with Crippen molar-refractivity contribution in [1.29, 1.82) is 0 Å². The summed E-state index contributed by atoms with van der Waals surface area (Å²) < 4.78 is 1.98. The predicted molar refractivity (Wildman–Crippen MR) is 87.9 cm³/mol. The molecule has 0 aliphatic rings. The van der Waals surface area contributed by atoms with Gasteiger partial charge in [-0.3, -0.25) is 4.79 Å². The lowest BCUT2D eigenvalue weighted by molar-refractivity contribution is 0.0785. The highest BCUT2D eigenvalue weighted by Gasteiger charge is 2.12. The second-order valence-corrected chi connectivity index (χ2v) is 6.01. The SMILES string of the molecule is CN(Cc1ccsc1)C(=O)c1cccc(Cn2ccnc2)c1. The summed E-state index contributed by atoms with van der Waals surface area (Å²) in [6, 6.07) is 9.81. The third-order valence-corrected chi connectivity index (χ3v) is 4.18. The number of aromatic nitrogens is 2. The van der Waals surface area contributed by atoms with E-state index >= 15 is 0 Å². The molecular formula is C17H17N3OS. The molecule has 3 rings (SSSR count). The Bertz CT molecular complexity index is 735. The Hall–Kier alpha value is -2.40. The standard InChI is InChI=1S/C17H17N3OS/c1-19(10-15-5-8-22-12-15)17(21)16-4-2-3-14(9-16)11-20-7-6-18-13-20/h2-9,12-13H,10-11H2,1H3. The van der Waals surface area contributed by atoms with Gasteiger partial charge in [0.2, 0.25) is 0 Å². The van der Waals surface area contributed by atoms with Gasteiger partial charge < -0.3 is 9.47 Å². The van der Waals surface area contributed by atoms with Crippen LogP contribution in [0.4, 0.5) is 0 Å². The summed E-state index contributed by atoms with van der Waals surface area (Å²) in [5.41, 5.74) is 2.97. The number of carbonyl (C=O) groups excluding carboxylic acids is 1. The molecule has 0 aliphatic carbocycles. The van der Waals surface area contributed by atoms with E-state index in [4.69, 9.17) is 0 Å². The molecule has 0 saturated carbocycles. The van der Waals surface area contributed by atoms with Crippen LogP contribution in [0.1, 0.15) is 21.5 Å². The van der Waals surface area contributed by atoms with Gasteiger partial charge in [0.25, 0.3) is 5.91 Å². The molecule has 0 N–H and O–H groups in total. The lowest BCUT2D eigenvalue weighted by Crippen LogP contribution is -2.26. The summed E-state index contributed by atoms with van der Waals surface area (Å²) in [6.07, 6.45) is 5.44. The van der Waals surface area contributed by atoms with Crippen molar-refractivity contribution in [3.8, 4) is 0 Å². The smallest absolute Gasteiger partial charge is 0.253 e. The number of amides is 1. The number of thiophene rings is 1. The summed E-state index contributed by atoms with van der Waals surface area (Å²) in [6.45, 7) is 1.35. The average molecular weight is 311 g/mol. The quantitative estimate of drug-likeness (QED) is 0.725. The van der Waals surface area contributed by atoms with Gasteiger partial charge in [-0.15, -0.1) is 0 Å². The number of nitrogens with zero attached hydrogens (tertiary/aromatic N) is 3. The summed E-state index contributed by atoms with van der Waals surface area (Å²) in [5.74, 6) is 0.0404. The molecule has 22 heavy (non-hydrogen) atoms. The Morgan fingerprint density at radius 1 is 1.32 bits per heavy atom. The van der Waals surface area contributed by atoms with E-state index < -0.39 is 0 Å². The Labute approximate surface area is 133 Å². The highest BCUT2D eigenvalue weighted by Crippen LogP contribution is 2.13. The number of imidazole rings is 1. The number of rotatable bonds is 5. The van der Waals surface area contributed by atoms with Crippen molar-refractivity contribution in [2.24, 2.45) is 0 Å². The molecule has 1 aromatic carbocycles. The maximum atomic E-state index is 12.5. The van der Waals surface area contributed by atoms with Gasteiger partial charge in [0, 0.05) is 38.1 Å². The molecule has 0 saturated heterocycles. The molecule has 0 aliphatic heterocycles. The van der Waals surface area contributed by atoms with Crippen LogP contribution in [0.25, 0.3) is 0 Å². The van der Waals surface area contributed by atoms with E-state index in [2.05, 4.69) is 10.4 Å². The third-order valence-electron chi connectivity index (χ3n) is 3.44. The van der Waals surface area contributed by atoms with Crippen LogP contribution in [-0.2, 0) is 13.1 Å². The zero-order valence-corrected chi connectivity index (χ0v) is 13.2. The minimum atomic E-state index is 0.0404. The van der Waals surface area contributed by atoms with E-state index in [-0.39, 0.29) is 5.91 Å². The fourth-order valence-corrected chi connectivity index (χ4v) is 3.00. The van der Waals surface area contributed by atoms with Crippen LogP contribution in [0.3, 0.4) is 0 Å². The highest BCUT2D eigenvalue weighted by atomic mass is 32.1. The molecule has 2 heterocycles. The second-order valence-electron chi connectivity index (χ2n) is 5.23. The fourth-order valence-electron chi connectivity index (χ4n) is 2.34. The number of benzene rings is 1. The van der Waals surface area contributed by atoms with E-state index in [0.717, 1.165) is 23.2 Å². The zero-order valence-electron chi connectivity index (χ0n) is 12.3. The van der Waals surface area contributed by atoms with E-state index in [1.807, 2.05) is 53.5 Å². The van der Waals surface area contributed by atoms with Crippen LogP contribution in [0, 0.1) is 0 Å². The lowest BCUT2D eigenvalue weighted by Gasteiger charge is -2.17. The van der Waals surface area contributed by atoms with Crippen molar-refractivity contribution < 1.29 is 4.79 Å². The molecule has 2 aromatic heterocycles. The Kier molecular flexibility index (Phi) is 4.34. The van der Waals surface area contributed by atoms with Gasteiger partial charge in [-0.2, -0.15) is 11.3 Å². The molecule has 112 valence electrons. The maximum Gasteiger partial charge on any atom is 0.253 e. The van der Waals surface area contributed by atoms with Crippen molar-refractivity contribution in [3.63, 3.8) is 0 Å². The first kappa shape index (κ1) is 14.5. The fraction of sp³-hybridized carbons (Fsp3) is 0.176. The first-order valence-corrected chi connectivity index (χ1v) is 7.98. The summed E-state index contributed by atoms with van der Waals surface area (Å²) in [4.78, 5) is 18.3. The van der Waals surface area contributed by atoms with Crippen molar-refractivity contribution in [2.75, 3.05) is 7.05 Å². The minimum Gasteiger partial charge on any atom is -0.337 e. The van der Waals surface area contributed by atoms with Crippen LogP contribution >= 0.6 is 11.3 Å². The van der Waals surface area contributed by atoms with Gasteiger partial charge in [-0.05, 0) is 40.1 Å². The van der Waals surface area contributed by atoms with Crippen molar-refractivity contribution in [2.45, 2.75) is 13.1 Å². The molecule has 1 amide bonds. The van der Waals surface area contributed by atoms with Gasteiger partial charge in [0.15, 0.2) is 0 Å². The molecule has 0 atom stereocenters. The highest BCUT2D eigenvalue weighted by molar-refractivity contribution is 7.07. The van der Waals surface area contributed by atoms with Gasteiger partial charge in [0.1, 0.15) is 0 Å². The summed E-state index contributed by atoms with van der Waals surface area (Å²) >= 11 is 1.65. The summed E-state index contributed by atoms with van der Waals surface area (Å²) in [5, 5.41) is 4.10. The van der Waals surface area contributed by atoms with Crippen LogP contribution in [-0.4, -0.2) is 27.4 Å². The number of hydrogen-bond acceptors (Lipinski definition) is 3. The third kappa shape index (κ3) is 3.43. The molecule has 5 heteroatoms. The van der Waals surface area contributed by atoms with Crippen molar-refractivity contribution in [3.05, 3.63) is 76.5 Å². The van der Waals surface area contributed by atoms with Crippen molar-refractivity contribution in [1.82, 2.24) is 14.5 Å². The lowest BCUT2D eigenvalue weighted by atomic mass is 10.1.